The van der Waals surface area contributed by atoms with Crippen LogP contribution in [-0.4, -0.2) is 54.3 Å². The molecular weight excluding hydrogens is 634 g/mol. The molecule has 0 amide bonds. The lowest BCUT2D eigenvalue weighted by molar-refractivity contribution is -0.145. The Balaban J connectivity index is 1.30. The van der Waals surface area contributed by atoms with Crippen LogP contribution in [0.5, 0.6) is 23.0 Å². The summed E-state index contributed by atoms with van der Waals surface area (Å²) in [6, 6.07) is 24.3. The Labute approximate surface area is 294 Å². The van der Waals surface area contributed by atoms with E-state index < -0.39 is 18.1 Å². The van der Waals surface area contributed by atoms with E-state index >= 15 is 0 Å². The van der Waals surface area contributed by atoms with E-state index in [0.29, 0.717) is 29.6 Å². The minimum atomic E-state index is -1.45. The second-order valence-electron chi connectivity index (χ2n) is 13.3. The van der Waals surface area contributed by atoms with Crippen LogP contribution >= 0.6 is 0 Å². The van der Waals surface area contributed by atoms with Gasteiger partial charge in [0.25, 0.3) is 0 Å². The number of methoxy groups -OCH3 is 2. The van der Waals surface area contributed by atoms with Gasteiger partial charge in [-0.25, -0.2) is 0 Å². The monoisotopic (exact) mass is 683 g/mol. The normalized spacial score (nSPS) is 15.5. The number of fused-ring (bicyclic) bond motifs is 1. The number of carbonyl (C=O) groups is 1. The molecule has 0 bridgehead atoms. The molecule has 0 aliphatic heterocycles. The zero-order valence-electron chi connectivity index (χ0n) is 29.6. The minimum Gasteiger partial charge on any atom is -0.493 e. The third-order valence-electron chi connectivity index (χ3n) is 9.77. The summed E-state index contributed by atoms with van der Waals surface area (Å²) in [7, 11) is 3.24. The Morgan fingerprint density at radius 1 is 0.920 bits per heavy atom. The van der Waals surface area contributed by atoms with E-state index in [1.54, 1.807) is 14.2 Å². The number of hydrogen-bond donors (Lipinski definition) is 4. The maximum atomic E-state index is 11.6. The van der Waals surface area contributed by atoms with Crippen LogP contribution in [-0.2, 0) is 30.8 Å². The van der Waals surface area contributed by atoms with E-state index in [-0.39, 0.29) is 25.2 Å². The predicted octanol–water partition coefficient (Wildman–Crippen LogP) is 6.81. The fourth-order valence-corrected chi connectivity index (χ4v) is 6.34. The van der Waals surface area contributed by atoms with Crippen molar-refractivity contribution in [3.63, 3.8) is 0 Å². The molecule has 5 rings (SSSR count). The number of rotatable bonds is 17. The number of carboxylic acids is 1. The van der Waals surface area contributed by atoms with Gasteiger partial charge in [-0.3, -0.25) is 10.1 Å². The number of ether oxygens (including phenoxy) is 4. The standard InChI is InChI=1S/C41H49NO8/c1-26(23-43)12-13-28-14-17-36(38(20-28)47-4)49-24-30-8-6-9-31(27(30)2)32-10-7-11-34-33(32)16-19-35(34)50-37-18-15-29(21-39(37)48-5)22-42-41(3,25-44)40(45)46/h6-11,14-15,17-18,20-21,26,35,42-44H,12-13,16,19,22-25H2,1-5H3,(H,45,46)/t26-,35?,41+/m1/s1. The van der Waals surface area contributed by atoms with Crippen LogP contribution in [0.3, 0.4) is 0 Å². The van der Waals surface area contributed by atoms with Crippen LogP contribution < -0.4 is 24.3 Å². The first-order valence-corrected chi connectivity index (χ1v) is 17.1. The van der Waals surface area contributed by atoms with Gasteiger partial charge in [0.1, 0.15) is 18.2 Å². The summed E-state index contributed by atoms with van der Waals surface area (Å²) in [6.45, 7) is 5.93. The fraction of sp³-hybridized carbons (Fsp3) is 0.390. The van der Waals surface area contributed by atoms with Gasteiger partial charge in [0.05, 0.1) is 20.8 Å². The largest absolute Gasteiger partial charge is 0.493 e. The van der Waals surface area contributed by atoms with Crippen LogP contribution in [0.4, 0.5) is 0 Å². The second-order valence-corrected chi connectivity index (χ2v) is 13.3. The molecule has 4 N–H and O–H groups in total. The smallest absolute Gasteiger partial charge is 0.326 e. The Morgan fingerprint density at radius 3 is 2.32 bits per heavy atom. The van der Waals surface area contributed by atoms with Crippen molar-refractivity contribution in [2.75, 3.05) is 27.4 Å². The molecular formula is C41H49NO8. The maximum absolute atomic E-state index is 11.6. The molecule has 1 aliphatic rings. The molecule has 0 radical (unpaired) electrons. The third kappa shape index (κ3) is 8.24. The number of nitrogens with one attached hydrogen (secondary N) is 1. The molecule has 0 heterocycles. The summed E-state index contributed by atoms with van der Waals surface area (Å²) < 4.78 is 24.2. The van der Waals surface area contributed by atoms with Crippen LogP contribution in [0.2, 0.25) is 0 Å². The van der Waals surface area contributed by atoms with Gasteiger partial charge >= 0.3 is 5.97 Å². The number of aliphatic carboxylic acids is 1. The van der Waals surface area contributed by atoms with Crippen molar-refractivity contribution < 1.29 is 39.1 Å². The van der Waals surface area contributed by atoms with E-state index in [1.165, 1.54) is 18.1 Å². The lowest BCUT2D eigenvalue weighted by Gasteiger charge is -2.24. The molecule has 1 aliphatic carbocycles. The fourth-order valence-electron chi connectivity index (χ4n) is 6.34. The van der Waals surface area contributed by atoms with Crippen LogP contribution in [0, 0.1) is 12.8 Å². The molecule has 3 atom stereocenters. The van der Waals surface area contributed by atoms with Gasteiger partial charge in [0.15, 0.2) is 23.0 Å². The zero-order valence-corrected chi connectivity index (χ0v) is 29.6. The highest BCUT2D eigenvalue weighted by Crippen LogP contribution is 2.43. The van der Waals surface area contributed by atoms with Gasteiger partial charge < -0.3 is 34.3 Å². The molecule has 1 unspecified atom stereocenters. The first-order valence-electron chi connectivity index (χ1n) is 17.1. The summed E-state index contributed by atoms with van der Waals surface area (Å²) >= 11 is 0. The minimum absolute atomic E-state index is 0.151. The maximum Gasteiger partial charge on any atom is 0.326 e. The average Bonchev–Trinajstić information content (AvgIpc) is 3.55. The Bertz CT molecular complexity index is 1790. The van der Waals surface area contributed by atoms with Crippen LogP contribution in [0.15, 0.2) is 72.8 Å². The number of hydrogen-bond acceptors (Lipinski definition) is 8. The van der Waals surface area contributed by atoms with Gasteiger partial charge in [0, 0.05) is 13.2 Å². The van der Waals surface area contributed by atoms with Gasteiger partial charge in [-0.15, -0.1) is 0 Å². The molecule has 0 fully saturated rings. The van der Waals surface area contributed by atoms with Crippen molar-refractivity contribution in [2.24, 2.45) is 5.92 Å². The summed E-state index contributed by atoms with van der Waals surface area (Å²) in [5.74, 6) is 1.70. The zero-order chi connectivity index (χ0) is 35.8. The summed E-state index contributed by atoms with van der Waals surface area (Å²) in [4.78, 5) is 11.6. The molecule has 4 aromatic carbocycles. The number of benzene rings is 4. The van der Waals surface area contributed by atoms with E-state index in [9.17, 15) is 20.1 Å². The lowest BCUT2D eigenvalue weighted by Crippen LogP contribution is -2.52. The first-order chi connectivity index (χ1) is 24.1. The van der Waals surface area contributed by atoms with Crippen LogP contribution in [0.1, 0.15) is 66.2 Å². The van der Waals surface area contributed by atoms with Gasteiger partial charge in [0.2, 0.25) is 0 Å². The summed E-state index contributed by atoms with van der Waals surface area (Å²) in [5, 5.41) is 31.3. The molecule has 4 aromatic rings. The highest BCUT2D eigenvalue weighted by molar-refractivity contribution is 5.78. The van der Waals surface area contributed by atoms with Gasteiger partial charge in [-0.2, -0.15) is 0 Å². The number of aryl methyl sites for hydroxylation is 1. The van der Waals surface area contributed by atoms with Gasteiger partial charge in [-0.1, -0.05) is 55.5 Å². The average molecular weight is 684 g/mol. The highest BCUT2D eigenvalue weighted by Gasteiger charge is 2.32. The molecule has 0 aromatic heterocycles. The highest BCUT2D eigenvalue weighted by atomic mass is 16.5. The SMILES string of the molecule is COc1cc(CC[C@@H](C)CO)ccc1OCc1cccc(-c2cccc3c2CCC3Oc2ccc(CN[C@@](C)(CO)C(=O)O)cc2OC)c1C. The molecule has 0 saturated carbocycles. The quantitative estimate of drug-likeness (QED) is 0.0950. The lowest BCUT2D eigenvalue weighted by atomic mass is 9.91. The van der Waals surface area contributed by atoms with Crippen molar-refractivity contribution in [2.45, 2.75) is 71.2 Å². The Kier molecular flexibility index (Phi) is 12.1. The van der Waals surface area contributed by atoms with Crippen molar-refractivity contribution >= 4 is 5.97 Å². The molecule has 9 heteroatoms. The van der Waals surface area contributed by atoms with Crippen molar-refractivity contribution in [3.05, 3.63) is 106 Å². The third-order valence-corrected chi connectivity index (χ3v) is 9.77. The molecule has 50 heavy (non-hydrogen) atoms. The Morgan fingerprint density at radius 2 is 1.60 bits per heavy atom. The second kappa shape index (κ2) is 16.4. The van der Waals surface area contributed by atoms with E-state index in [2.05, 4.69) is 54.7 Å². The molecule has 9 nitrogen and oxygen atoms in total. The van der Waals surface area contributed by atoms with E-state index in [0.717, 1.165) is 59.1 Å². The number of carboxylic acid groups (broad SMARTS) is 1. The molecule has 0 spiro atoms. The van der Waals surface area contributed by atoms with Crippen molar-refractivity contribution in [1.82, 2.24) is 5.32 Å². The number of aliphatic hydroxyl groups is 2. The van der Waals surface area contributed by atoms with E-state index in [1.807, 2.05) is 37.3 Å². The van der Waals surface area contributed by atoms with Crippen molar-refractivity contribution in [1.29, 1.82) is 0 Å². The predicted molar refractivity (Wildman–Crippen MR) is 193 cm³/mol. The topological polar surface area (TPSA) is 127 Å². The Hall–Kier alpha value is -4.57. The summed E-state index contributed by atoms with van der Waals surface area (Å²) in [5.41, 5.74) is 7.53. The molecule has 266 valence electrons. The number of aliphatic hydroxyl groups excluding tert-OH is 2. The molecule has 0 saturated heterocycles. The van der Waals surface area contributed by atoms with Crippen LogP contribution in [0.25, 0.3) is 11.1 Å². The van der Waals surface area contributed by atoms with Gasteiger partial charge in [-0.05, 0) is 114 Å². The summed E-state index contributed by atoms with van der Waals surface area (Å²) in [6.07, 6.45) is 3.32. The van der Waals surface area contributed by atoms with E-state index in [4.69, 9.17) is 18.9 Å². The first kappa shape index (κ1) is 36.7. The van der Waals surface area contributed by atoms with Crippen molar-refractivity contribution in [3.8, 4) is 34.1 Å².